The van der Waals surface area contributed by atoms with Crippen molar-refractivity contribution < 1.29 is 31.5 Å². The molecule has 0 aliphatic carbocycles. The van der Waals surface area contributed by atoms with Crippen LogP contribution in [0.25, 0.3) is 0 Å². The van der Waals surface area contributed by atoms with Crippen molar-refractivity contribution in [2.24, 2.45) is 0 Å². The Morgan fingerprint density at radius 1 is 1.08 bits per heavy atom. The number of ether oxygens (including phenoxy) is 2. The summed E-state index contributed by atoms with van der Waals surface area (Å²) in [5.74, 6) is -2.36. The van der Waals surface area contributed by atoms with Crippen LogP contribution in [0, 0.1) is 18.6 Å². The maximum Gasteiger partial charge on any atom is 0.253 e. The smallest absolute Gasteiger partial charge is 0.253 e. The first-order chi connectivity index (χ1) is 17.7. The fraction of sp³-hybridized carbons (Fsp3) is 0.370. The lowest BCUT2D eigenvalue weighted by molar-refractivity contribution is 0.0857. The molecule has 0 bridgehead atoms. The molecule has 1 aliphatic rings. The topological polar surface area (TPSA) is 86.6 Å². The van der Waals surface area contributed by atoms with Gasteiger partial charge in [0.1, 0.15) is 18.3 Å². The van der Waals surface area contributed by atoms with Gasteiger partial charge in [-0.2, -0.15) is 0 Å². The van der Waals surface area contributed by atoms with Crippen LogP contribution in [0.3, 0.4) is 0 Å². The number of hydrogen-bond donors (Lipinski definition) is 1. The Morgan fingerprint density at radius 3 is 2.45 bits per heavy atom. The summed E-state index contributed by atoms with van der Waals surface area (Å²) in [7, 11) is -4.83. The minimum Gasteiger partial charge on any atom is -0.454 e. The number of rotatable bonds is 9. The molecule has 0 saturated heterocycles. The van der Waals surface area contributed by atoms with Crippen LogP contribution in [0.4, 0.5) is 8.78 Å². The highest BCUT2D eigenvalue weighted by Crippen LogP contribution is 2.40. The van der Waals surface area contributed by atoms with E-state index >= 15 is 0 Å². The second-order valence-electron chi connectivity index (χ2n) is 10.8. The molecule has 0 radical (unpaired) electrons. The van der Waals surface area contributed by atoms with E-state index in [-0.39, 0.29) is 35.6 Å². The SMILES string of the molecule is Cc1c2c(cn1COCC[Si](C)(C)C)C(c1cc(S(C)(=O)=O)ccc1Oc1ccc(F)cc1F)CNC2=O. The first-order valence-electron chi connectivity index (χ1n) is 12.3. The molecule has 1 atom stereocenters. The van der Waals surface area contributed by atoms with Crippen molar-refractivity contribution in [3.8, 4) is 11.5 Å². The fourth-order valence-electron chi connectivity index (χ4n) is 4.39. The van der Waals surface area contributed by atoms with Crippen LogP contribution in [-0.4, -0.2) is 46.4 Å². The van der Waals surface area contributed by atoms with E-state index in [0.29, 0.717) is 29.4 Å². The molecule has 11 heteroatoms. The summed E-state index contributed by atoms with van der Waals surface area (Å²) in [6.45, 7) is 9.72. The first kappa shape index (κ1) is 28.0. The van der Waals surface area contributed by atoms with Crippen molar-refractivity contribution in [1.29, 1.82) is 0 Å². The standard InChI is InChI=1S/C27H32F2N2O5SSi/c1-17-26-22(15-31(17)16-35-10-11-38(3,4)5)21(14-30-27(26)32)20-13-19(37(2,33)34)7-9-24(20)36-25-8-6-18(28)12-23(25)29/h6-9,12-13,15,21H,10-11,14,16H2,1-5H3,(H,30,32). The van der Waals surface area contributed by atoms with Crippen molar-refractivity contribution in [2.75, 3.05) is 19.4 Å². The highest BCUT2D eigenvalue weighted by molar-refractivity contribution is 7.90. The molecule has 38 heavy (non-hydrogen) atoms. The molecule has 1 N–H and O–H groups in total. The van der Waals surface area contributed by atoms with E-state index in [1.165, 1.54) is 24.3 Å². The molecule has 1 unspecified atom stereocenters. The van der Waals surface area contributed by atoms with E-state index in [9.17, 15) is 22.0 Å². The van der Waals surface area contributed by atoms with E-state index in [1.807, 2.05) is 17.7 Å². The Kier molecular flexibility index (Phi) is 7.83. The van der Waals surface area contributed by atoms with Crippen LogP contribution in [-0.2, 0) is 21.3 Å². The van der Waals surface area contributed by atoms with E-state index in [1.54, 1.807) is 0 Å². The predicted molar refractivity (Wildman–Crippen MR) is 143 cm³/mol. The maximum atomic E-state index is 14.4. The Labute approximate surface area is 222 Å². The number of halogens is 2. The van der Waals surface area contributed by atoms with Crippen LogP contribution < -0.4 is 10.1 Å². The molecule has 0 spiro atoms. The van der Waals surface area contributed by atoms with Gasteiger partial charge in [-0.05, 0) is 48.9 Å². The predicted octanol–water partition coefficient (Wildman–Crippen LogP) is 5.46. The van der Waals surface area contributed by atoms with Crippen LogP contribution in [0.2, 0.25) is 25.7 Å². The van der Waals surface area contributed by atoms with Gasteiger partial charge in [0, 0.05) is 56.9 Å². The molecule has 1 aliphatic heterocycles. The average Bonchev–Trinajstić information content (AvgIpc) is 3.15. The molecular weight excluding hydrogens is 530 g/mol. The highest BCUT2D eigenvalue weighted by Gasteiger charge is 2.33. The molecular formula is C27H32F2N2O5SSi. The number of carbonyl (C=O) groups excluding carboxylic acids is 1. The third-order valence-corrected chi connectivity index (χ3v) is 9.39. The van der Waals surface area contributed by atoms with Crippen LogP contribution in [0.15, 0.2) is 47.5 Å². The number of nitrogens with zero attached hydrogens (tertiary/aromatic N) is 1. The van der Waals surface area contributed by atoms with Gasteiger partial charge >= 0.3 is 0 Å². The van der Waals surface area contributed by atoms with Gasteiger partial charge in [-0.25, -0.2) is 17.2 Å². The van der Waals surface area contributed by atoms with Crippen molar-refractivity contribution in [1.82, 2.24) is 9.88 Å². The van der Waals surface area contributed by atoms with Gasteiger partial charge < -0.3 is 19.4 Å². The Morgan fingerprint density at radius 2 is 1.79 bits per heavy atom. The van der Waals surface area contributed by atoms with Crippen molar-refractivity contribution >= 4 is 23.8 Å². The zero-order chi connectivity index (χ0) is 27.8. The lowest BCUT2D eigenvalue weighted by Crippen LogP contribution is -2.35. The van der Waals surface area contributed by atoms with E-state index < -0.39 is 35.5 Å². The number of amides is 1. The molecule has 0 saturated carbocycles. The Balaban J connectivity index is 1.75. The highest BCUT2D eigenvalue weighted by atomic mass is 32.2. The summed E-state index contributed by atoms with van der Waals surface area (Å²) in [5, 5.41) is 2.88. The maximum absolute atomic E-state index is 14.4. The number of hydrogen-bond acceptors (Lipinski definition) is 5. The average molecular weight is 563 g/mol. The molecule has 1 aromatic heterocycles. The summed E-state index contributed by atoms with van der Waals surface area (Å²) in [4.78, 5) is 12.9. The third-order valence-electron chi connectivity index (χ3n) is 6.57. The lowest BCUT2D eigenvalue weighted by atomic mass is 9.86. The Hall–Kier alpha value is -3.02. The van der Waals surface area contributed by atoms with E-state index in [2.05, 4.69) is 25.0 Å². The molecule has 2 aromatic carbocycles. The quantitative estimate of drug-likeness (QED) is 0.277. The van der Waals surface area contributed by atoms with Gasteiger partial charge in [-0.1, -0.05) is 19.6 Å². The number of carbonyl (C=O) groups is 1. The van der Waals surface area contributed by atoms with Gasteiger partial charge in [0.05, 0.1) is 10.5 Å². The number of aromatic nitrogens is 1. The van der Waals surface area contributed by atoms with Crippen molar-refractivity contribution in [3.63, 3.8) is 0 Å². The minimum atomic E-state index is -3.57. The monoisotopic (exact) mass is 562 g/mol. The Bertz CT molecular complexity index is 1480. The summed E-state index contributed by atoms with van der Waals surface area (Å²) in [6.07, 6.45) is 2.94. The molecule has 1 amide bonds. The largest absolute Gasteiger partial charge is 0.454 e. The molecule has 7 nitrogen and oxygen atoms in total. The lowest BCUT2D eigenvalue weighted by Gasteiger charge is -2.26. The minimum absolute atomic E-state index is 0.0590. The fourth-order valence-corrected chi connectivity index (χ4v) is 5.80. The third kappa shape index (κ3) is 6.16. The van der Waals surface area contributed by atoms with Gasteiger partial charge in [0.25, 0.3) is 5.91 Å². The van der Waals surface area contributed by atoms with E-state index in [0.717, 1.165) is 24.1 Å². The molecule has 204 valence electrons. The zero-order valence-electron chi connectivity index (χ0n) is 22.1. The number of fused-ring (bicyclic) bond motifs is 1. The summed E-state index contributed by atoms with van der Waals surface area (Å²) in [5.41, 5.74) is 2.35. The number of sulfone groups is 1. The number of benzene rings is 2. The normalized spacial score (nSPS) is 15.8. The molecule has 3 aromatic rings. The first-order valence-corrected chi connectivity index (χ1v) is 17.9. The summed E-state index contributed by atoms with van der Waals surface area (Å²) >= 11 is 0. The van der Waals surface area contributed by atoms with Crippen LogP contribution in [0.5, 0.6) is 11.5 Å². The molecule has 0 fully saturated rings. The second kappa shape index (κ2) is 10.6. The van der Waals surface area contributed by atoms with Crippen LogP contribution >= 0.6 is 0 Å². The van der Waals surface area contributed by atoms with Crippen molar-refractivity contribution in [3.05, 3.63) is 76.6 Å². The summed E-state index contributed by atoms with van der Waals surface area (Å²) in [6, 6.07) is 8.28. The van der Waals surface area contributed by atoms with Gasteiger partial charge in [0.15, 0.2) is 21.4 Å². The zero-order valence-corrected chi connectivity index (χ0v) is 23.9. The van der Waals surface area contributed by atoms with Gasteiger partial charge in [0.2, 0.25) is 0 Å². The van der Waals surface area contributed by atoms with Gasteiger partial charge in [-0.3, -0.25) is 4.79 Å². The van der Waals surface area contributed by atoms with Gasteiger partial charge in [-0.15, -0.1) is 0 Å². The summed E-state index contributed by atoms with van der Waals surface area (Å²) < 4.78 is 66.2. The van der Waals surface area contributed by atoms with Crippen LogP contribution in [0.1, 0.15) is 33.1 Å². The second-order valence-corrected chi connectivity index (χ2v) is 18.4. The van der Waals surface area contributed by atoms with E-state index in [4.69, 9.17) is 9.47 Å². The van der Waals surface area contributed by atoms with Crippen molar-refractivity contribution in [2.45, 2.75) is 50.2 Å². The molecule has 2 heterocycles. The number of nitrogens with one attached hydrogen (secondary N) is 1. The molecule has 4 rings (SSSR count).